The van der Waals surface area contributed by atoms with E-state index in [9.17, 15) is 0 Å². The molecule has 0 bridgehead atoms. The Labute approximate surface area is 115 Å². The van der Waals surface area contributed by atoms with E-state index < -0.39 is 0 Å². The van der Waals surface area contributed by atoms with Gasteiger partial charge in [0.05, 0.1) is 0 Å². The maximum Gasteiger partial charge on any atom is 0.219 e. The number of rotatable bonds is 3. The van der Waals surface area contributed by atoms with Crippen LogP contribution in [0.15, 0.2) is 41.0 Å². The highest BCUT2D eigenvalue weighted by atomic mass is 79.9. The molecule has 0 saturated carbocycles. The number of aromatic nitrogens is 1. The number of pyridine rings is 1. The zero-order valence-electron chi connectivity index (χ0n) is 10.4. The van der Waals surface area contributed by atoms with Crippen molar-refractivity contribution in [2.75, 3.05) is 0 Å². The molecule has 2 rings (SSSR count). The monoisotopic (exact) mass is 306 g/mol. The number of ether oxygens (including phenoxy) is 1. The zero-order valence-corrected chi connectivity index (χ0v) is 11.9. The fourth-order valence-electron chi connectivity index (χ4n) is 1.52. The fraction of sp³-hybridized carbons (Fsp3) is 0.214. The second-order valence-electron chi connectivity index (χ2n) is 4.23. The summed E-state index contributed by atoms with van der Waals surface area (Å²) in [7, 11) is 0. The van der Waals surface area contributed by atoms with E-state index in [1.807, 2.05) is 44.2 Å². The number of hydrogen-bond acceptors (Lipinski definition) is 3. The summed E-state index contributed by atoms with van der Waals surface area (Å²) in [5, 5.41) is 0. The summed E-state index contributed by atoms with van der Waals surface area (Å²) in [6, 6.07) is 9.65. The number of hydrogen-bond donors (Lipinski definition) is 1. The fourth-order valence-corrected chi connectivity index (χ4v) is 1.86. The van der Waals surface area contributed by atoms with Gasteiger partial charge in [-0.15, -0.1) is 0 Å². The topological polar surface area (TPSA) is 48.1 Å². The molecule has 1 atom stereocenters. The van der Waals surface area contributed by atoms with Crippen LogP contribution in [0.25, 0.3) is 0 Å². The van der Waals surface area contributed by atoms with E-state index in [0.717, 1.165) is 21.3 Å². The minimum atomic E-state index is -0.0147. The highest BCUT2D eigenvalue weighted by molar-refractivity contribution is 9.10. The molecule has 1 heterocycles. The first-order valence-corrected chi connectivity index (χ1v) is 6.51. The molecule has 0 aliphatic rings. The van der Waals surface area contributed by atoms with E-state index >= 15 is 0 Å². The summed E-state index contributed by atoms with van der Waals surface area (Å²) in [4.78, 5) is 4.25. The summed E-state index contributed by atoms with van der Waals surface area (Å²) in [6.45, 7) is 3.92. The molecule has 0 radical (unpaired) electrons. The molecule has 1 aromatic carbocycles. The number of aryl methyl sites for hydroxylation is 1. The van der Waals surface area contributed by atoms with Gasteiger partial charge >= 0.3 is 0 Å². The highest BCUT2D eigenvalue weighted by Crippen LogP contribution is 2.27. The van der Waals surface area contributed by atoms with Gasteiger partial charge in [-0.3, -0.25) is 0 Å². The number of nitrogens with zero attached hydrogens (tertiary/aromatic N) is 1. The molecule has 94 valence electrons. The van der Waals surface area contributed by atoms with Crippen molar-refractivity contribution in [1.29, 1.82) is 0 Å². The molecule has 0 unspecified atom stereocenters. The highest BCUT2D eigenvalue weighted by Gasteiger charge is 2.05. The molecule has 0 aliphatic carbocycles. The van der Waals surface area contributed by atoms with Crippen LogP contribution in [0.2, 0.25) is 0 Å². The van der Waals surface area contributed by atoms with Crippen molar-refractivity contribution in [3.8, 4) is 11.6 Å². The largest absolute Gasteiger partial charge is 0.439 e. The lowest BCUT2D eigenvalue weighted by Gasteiger charge is -2.09. The van der Waals surface area contributed by atoms with Gasteiger partial charge in [0.25, 0.3) is 0 Å². The average molecular weight is 307 g/mol. The third-order valence-electron chi connectivity index (χ3n) is 2.65. The molecule has 4 heteroatoms. The van der Waals surface area contributed by atoms with E-state index in [1.54, 1.807) is 6.20 Å². The minimum Gasteiger partial charge on any atom is -0.439 e. The first-order valence-electron chi connectivity index (χ1n) is 5.72. The normalized spacial score (nSPS) is 12.2. The van der Waals surface area contributed by atoms with Crippen LogP contribution in [-0.4, -0.2) is 4.98 Å². The molecule has 0 saturated heterocycles. The first-order chi connectivity index (χ1) is 8.56. The first kappa shape index (κ1) is 13.1. The summed E-state index contributed by atoms with van der Waals surface area (Å²) in [6.07, 6.45) is 1.74. The Morgan fingerprint density at radius 1 is 1.28 bits per heavy atom. The van der Waals surface area contributed by atoms with Crippen LogP contribution in [0.1, 0.15) is 24.1 Å². The van der Waals surface area contributed by atoms with Crippen LogP contribution >= 0.6 is 15.9 Å². The lowest BCUT2D eigenvalue weighted by molar-refractivity contribution is 0.458. The minimum absolute atomic E-state index is 0.0147. The van der Waals surface area contributed by atoms with Crippen LogP contribution in [-0.2, 0) is 0 Å². The summed E-state index contributed by atoms with van der Waals surface area (Å²) < 4.78 is 6.72. The number of benzene rings is 1. The predicted molar refractivity (Wildman–Crippen MR) is 75.8 cm³/mol. The van der Waals surface area contributed by atoms with Gasteiger partial charge in [0.15, 0.2) is 0 Å². The van der Waals surface area contributed by atoms with Crippen molar-refractivity contribution in [3.05, 3.63) is 52.1 Å². The van der Waals surface area contributed by atoms with E-state index in [2.05, 4.69) is 20.9 Å². The standard InChI is InChI=1S/C14H15BrN2O/c1-9-3-5-12(15)7-13(9)18-14-6-4-11(8-17-14)10(2)16/h3-8,10H,16H2,1-2H3/t10-/m0/s1. The maximum atomic E-state index is 5.77. The van der Waals surface area contributed by atoms with E-state index in [0.29, 0.717) is 5.88 Å². The van der Waals surface area contributed by atoms with Crippen molar-refractivity contribution >= 4 is 15.9 Å². The molecule has 2 N–H and O–H groups in total. The van der Waals surface area contributed by atoms with Crippen molar-refractivity contribution in [1.82, 2.24) is 4.98 Å². The number of nitrogens with two attached hydrogens (primary N) is 1. The van der Waals surface area contributed by atoms with Gasteiger partial charge < -0.3 is 10.5 Å². The van der Waals surface area contributed by atoms with Gasteiger partial charge in [-0.2, -0.15) is 0 Å². The zero-order chi connectivity index (χ0) is 13.1. The Bertz CT molecular complexity index is 538. The molecular weight excluding hydrogens is 292 g/mol. The second-order valence-corrected chi connectivity index (χ2v) is 5.15. The van der Waals surface area contributed by atoms with Crippen LogP contribution in [0, 0.1) is 6.92 Å². The van der Waals surface area contributed by atoms with Crippen LogP contribution in [0.4, 0.5) is 0 Å². The summed E-state index contributed by atoms with van der Waals surface area (Å²) in [5.74, 6) is 1.37. The lowest BCUT2D eigenvalue weighted by atomic mass is 10.2. The molecule has 18 heavy (non-hydrogen) atoms. The van der Waals surface area contributed by atoms with Crippen LogP contribution in [0.3, 0.4) is 0 Å². The molecule has 3 nitrogen and oxygen atoms in total. The average Bonchev–Trinajstić information content (AvgIpc) is 2.34. The van der Waals surface area contributed by atoms with Gasteiger partial charge in [0.2, 0.25) is 5.88 Å². The molecule has 2 aromatic rings. The summed E-state index contributed by atoms with van der Waals surface area (Å²) in [5.41, 5.74) is 7.83. The third kappa shape index (κ3) is 3.09. The van der Waals surface area contributed by atoms with Gasteiger partial charge in [0, 0.05) is 22.8 Å². The van der Waals surface area contributed by atoms with Crippen LogP contribution < -0.4 is 10.5 Å². The van der Waals surface area contributed by atoms with E-state index in [4.69, 9.17) is 10.5 Å². The van der Waals surface area contributed by atoms with Gasteiger partial charge in [-0.25, -0.2) is 4.98 Å². The van der Waals surface area contributed by atoms with Gasteiger partial charge in [-0.1, -0.05) is 28.1 Å². The van der Waals surface area contributed by atoms with E-state index in [-0.39, 0.29) is 6.04 Å². The van der Waals surface area contributed by atoms with Crippen molar-refractivity contribution in [2.45, 2.75) is 19.9 Å². The summed E-state index contributed by atoms with van der Waals surface area (Å²) >= 11 is 3.42. The Kier molecular flexibility index (Phi) is 3.99. The molecule has 0 amide bonds. The van der Waals surface area contributed by atoms with Crippen molar-refractivity contribution < 1.29 is 4.74 Å². The molecule has 1 aromatic heterocycles. The van der Waals surface area contributed by atoms with Crippen molar-refractivity contribution in [3.63, 3.8) is 0 Å². The van der Waals surface area contributed by atoms with Crippen LogP contribution in [0.5, 0.6) is 11.6 Å². The van der Waals surface area contributed by atoms with Gasteiger partial charge in [0.1, 0.15) is 5.75 Å². The Hall–Kier alpha value is -1.39. The predicted octanol–water partition coefficient (Wildman–Crippen LogP) is 3.96. The Morgan fingerprint density at radius 2 is 2.06 bits per heavy atom. The van der Waals surface area contributed by atoms with E-state index in [1.165, 1.54) is 0 Å². The maximum absolute atomic E-state index is 5.77. The molecule has 0 aliphatic heterocycles. The molecular formula is C14H15BrN2O. The quantitative estimate of drug-likeness (QED) is 0.933. The second kappa shape index (κ2) is 5.50. The molecule has 0 spiro atoms. The smallest absolute Gasteiger partial charge is 0.219 e. The third-order valence-corrected chi connectivity index (χ3v) is 3.14. The molecule has 0 fully saturated rings. The van der Waals surface area contributed by atoms with Crippen molar-refractivity contribution in [2.24, 2.45) is 5.73 Å². The lowest BCUT2D eigenvalue weighted by Crippen LogP contribution is -2.05. The number of halogens is 1. The Balaban J connectivity index is 2.21. The Morgan fingerprint density at radius 3 is 2.67 bits per heavy atom. The SMILES string of the molecule is Cc1ccc(Br)cc1Oc1ccc([C@H](C)N)cn1. The van der Waals surface area contributed by atoms with Gasteiger partial charge in [-0.05, 0) is 37.1 Å².